The molecule has 15 heavy (non-hydrogen) atoms. The Balaban J connectivity index is 2.99. The van der Waals surface area contributed by atoms with E-state index in [9.17, 15) is 5.11 Å². The van der Waals surface area contributed by atoms with Crippen molar-refractivity contribution in [2.45, 2.75) is 20.3 Å². The van der Waals surface area contributed by atoms with Crippen molar-refractivity contribution < 1.29 is 5.11 Å². The van der Waals surface area contributed by atoms with Crippen LogP contribution in [0.4, 0.5) is 0 Å². The van der Waals surface area contributed by atoms with Crippen molar-refractivity contribution >= 4 is 0 Å². The van der Waals surface area contributed by atoms with Crippen molar-refractivity contribution in [1.82, 2.24) is 0 Å². The van der Waals surface area contributed by atoms with Crippen LogP contribution in [0.5, 0.6) is 5.75 Å². The second-order valence-corrected chi connectivity index (χ2v) is 3.59. The Morgan fingerprint density at radius 1 is 1.20 bits per heavy atom. The number of rotatable bonds is 2. The molecule has 76 valence electrons. The number of nitriles is 2. The topological polar surface area (TPSA) is 67.8 Å². The van der Waals surface area contributed by atoms with Crippen LogP contribution in [0.3, 0.4) is 0 Å². The monoisotopic (exact) mass is 200 g/mol. The molecule has 1 N–H and O–H groups in total. The number of phenols is 1. The average molecular weight is 200 g/mol. The molecule has 1 rings (SSSR count). The van der Waals surface area contributed by atoms with Crippen LogP contribution in [0.1, 0.15) is 16.7 Å². The first-order valence-corrected chi connectivity index (χ1v) is 4.66. The van der Waals surface area contributed by atoms with Gasteiger partial charge in [-0.05, 0) is 30.5 Å². The third-order valence-corrected chi connectivity index (χ3v) is 2.30. The van der Waals surface area contributed by atoms with E-state index in [0.717, 1.165) is 16.7 Å². The fraction of sp³-hybridized carbons (Fsp3) is 0.333. The SMILES string of the molecule is Cc1cc(CC(C#N)C#N)cc(C)c1O. The first-order chi connectivity index (χ1) is 7.08. The second-order valence-electron chi connectivity index (χ2n) is 3.59. The van der Waals surface area contributed by atoms with Gasteiger partial charge >= 0.3 is 0 Å². The molecule has 0 heterocycles. The van der Waals surface area contributed by atoms with E-state index in [-0.39, 0.29) is 5.75 Å². The van der Waals surface area contributed by atoms with E-state index in [2.05, 4.69) is 0 Å². The number of hydrogen-bond donors (Lipinski definition) is 1. The molecule has 1 aromatic rings. The van der Waals surface area contributed by atoms with Crippen molar-refractivity contribution in [3.8, 4) is 17.9 Å². The first kappa shape index (κ1) is 11.1. The molecule has 0 radical (unpaired) electrons. The number of nitrogens with zero attached hydrogens (tertiary/aromatic N) is 2. The smallest absolute Gasteiger partial charge is 0.137 e. The van der Waals surface area contributed by atoms with Crippen LogP contribution in [-0.4, -0.2) is 5.11 Å². The lowest BCUT2D eigenvalue weighted by molar-refractivity contribution is 0.466. The van der Waals surface area contributed by atoms with Gasteiger partial charge in [-0.15, -0.1) is 0 Å². The van der Waals surface area contributed by atoms with Gasteiger partial charge in [0.15, 0.2) is 0 Å². The minimum Gasteiger partial charge on any atom is -0.507 e. The Labute approximate surface area is 89.2 Å². The molecule has 1 aromatic carbocycles. The molecule has 0 bridgehead atoms. The lowest BCUT2D eigenvalue weighted by Gasteiger charge is -2.07. The summed E-state index contributed by atoms with van der Waals surface area (Å²) in [6.45, 7) is 3.61. The van der Waals surface area contributed by atoms with Crippen molar-refractivity contribution in [2.75, 3.05) is 0 Å². The molecule has 0 aromatic heterocycles. The van der Waals surface area contributed by atoms with E-state index in [1.165, 1.54) is 0 Å². The molecular weight excluding hydrogens is 188 g/mol. The molecule has 0 atom stereocenters. The fourth-order valence-electron chi connectivity index (χ4n) is 1.52. The van der Waals surface area contributed by atoms with Crippen LogP contribution in [0, 0.1) is 42.4 Å². The largest absolute Gasteiger partial charge is 0.507 e. The average Bonchev–Trinajstić information content (AvgIpc) is 2.22. The zero-order valence-corrected chi connectivity index (χ0v) is 8.78. The minimum absolute atomic E-state index is 0.282. The highest BCUT2D eigenvalue weighted by atomic mass is 16.3. The summed E-state index contributed by atoms with van der Waals surface area (Å²) in [7, 11) is 0. The molecule has 0 unspecified atom stereocenters. The van der Waals surface area contributed by atoms with E-state index in [0.29, 0.717) is 6.42 Å². The Hall–Kier alpha value is -2.00. The second kappa shape index (κ2) is 4.48. The fourth-order valence-corrected chi connectivity index (χ4v) is 1.52. The number of hydrogen-bond acceptors (Lipinski definition) is 3. The van der Waals surface area contributed by atoms with E-state index in [4.69, 9.17) is 10.5 Å². The zero-order valence-electron chi connectivity index (χ0n) is 8.78. The lowest BCUT2D eigenvalue weighted by Crippen LogP contribution is -1.99. The Morgan fingerprint density at radius 2 is 1.67 bits per heavy atom. The summed E-state index contributed by atoms with van der Waals surface area (Å²) < 4.78 is 0. The molecular formula is C12H12N2O. The van der Waals surface area contributed by atoms with Gasteiger partial charge in [-0.25, -0.2) is 0 Å². The van der Waals surface area contributed by atoms with Crippen LogP contribution < -0.4 is 0 Å². The van der Waals surface area contributed by atoms with Gasteiger partial charge in [0.05, 0.1) is 12.1 Å². The zero-order chi connectivity index (χ0) is 11.4. The predicted molar refractivity (Wildman–Crippen MR) is 56.0 cm³/mol. The molecule has 3 heteroatoms. The van der Waals surface area contributed by atoms with Gasteiger partial charge in [0.2, 0.25) is 0 Å². The summed E-state index contributed by atoms with van der Waals surface area (Å²) >= 11 is 0. The van der Waals surface area contributed by atoms with E-state index in [1.807, 2.05) is 24.3 Å². The standard InChI is InChI=1S/C12H12N2O/c1-8-3-10(4-9(2)12(8)15)5-11(6-13)7-14/h3-4,11,15H,5H2,1-2H3. The number of benzene rings is 1. The Morgan fingerprint density at radius 3 is 2.07 bits per heavy atom. The van der Waals surface area contributed by atoms with Gasteiger partial charge in [-0.3, -0.25) is 0 Å². The molecule has 0 saturated heterocycles. The summed E-state index contributed by atoms with van der Waals surface area (Å²) in [5.41, 5.74) is 2.47. The minimum atomic E-state index is -0.617. The summed E-state index contributed by atoms with van der Waals surface area (Å²) in [6, 6.07) is 7.48. The summed E-state index contributed by atoms with van der Waals surface area (Å²) in [6.07, 6.45) is 0.412. The third kappa shape index (κ3) is 2.48. The van der Waals surface area contributed by atoms with Gasteiger partial charge in [-0.2, -0.15) is 10.5 Å². The maximum Gasteiger partial charge on any atom is 0.137 e. The number of aryl methyl sites for hydroxylation is 2. The van der Waals surface area contributed by atoms with Crippen LogP contribution in [0.2, 0.25) is 0 Å². The first-order valence-electron chi connectivity index (χ1n) is 4.66. The molecule has 3 nitrogen and oxygen atoms in total. The maximum atomic E-state index is 9.55. The van der Waals surface area contributed by atoms with Crippen LogP contribution in [0.15, 0.2) is 12.1 Å². The molecule has 0 amide bonds. The van der Waals surface area contributed by atoms with Crippen molar-refractivity contribution in [3.63, 3.8) is 0 Å². The molecule has 0 aliphatic rings. The number of phenolic OH excluding ortho intramolecular Hbond substituents is 1. The van der Waals surface area contributed by atoms with E-state index >= 15 is 0 Å². The van der Waals surface area contributed by atoms with Crippen LogP contribution in [0.25, 0.3) is 0 Å². The van der Waals surface area contributed by atoms with E-state index in [1.54, 1.807) is 13.8 Å². The molecule has 0 saturated carbocycles. The summed E-state index contributed by atoms with van der Waals surface area (Å²) in [5, 5.41) is 26.9. The van der Waals surface area contributed by atoms with Crippen molar-refractivity contribution in [1.29, 1.82) is 10.5 Å². The highest BCUT2D eigenvalue weighted by molar-refractivity contribution is 5.42. The summed E-state index contributed by atoms with van der Waals surface area (Å²) in [5.74, 6) is -0.336. The maximum absolute atomic E-state index is 9.55. The van der Waals surface area contributed by atoms with E-state index < -0.39 is 5.92 Å². The van der Waals surface area contributed by atoms with Crippen LogP contribution in [-0.2, 0) is 6.42 Å². The highest BCUT2D eigenvalue weighted by Crippen LogP contribution is 2.24. The van der Waals surface area contributed by atoms with Crippen LogP contribution >= 0.6 is 0 Å². The molecule has 0 aliphatic carbocycles. The van der Waals surface area contributed by atoms with Gasteiger partial charge in [0.25, 0.3) is 0 Å². The lowest BCUT2D eigenvalue weighted by atomic mass is 9.98. The molecule has 0 spiro atoms. The Kier molecular flexibility index (Phi) is 3.31. The highest BCUT2D eigenvalue weighted by Gasteiger charge is 2.09. The van der Waals surface area contributed by atoms with Crippen molar-refractivity contribution in [3.05, 3.63) is 28.8 Å². The predicted octanol–water partition coefficient (Wildman–Crippen LogP) is 2.21. The quantitative estimate of drug-likeness (QED) is 0.795. The van der Waals surface area contributed by atoms with Gasteiger partial charge in [0.1, 0.15) is 11.7 Å². The van der Waals surface area contributed by atoms with Crippen molar-refractivity contribution in [2.24, 2.45) is 5.92 Å². The van der Waals surface area contributed by atoms with Gasteiger partial charge in [-0.1, -0.05) is 12.1 Å². The molecule has 0 fully saturated rings. The number of aromatic hydroxyl groups is 1. The van der Waals surface area contributed by atoms with Gasteiger partial charge < -0.3 is 5.11 Å². The molecule has 0 aliphatic heterocycles. The summed E-state index contributed by atoms with van der Waals surface area (Å²) in [4.78, 5) is 0. The Bertz CT molecular complexity index is 415. The van der Waals surface area contributed by atoms with Gasteiger partial charge in [0, 0.05) is 6.42 Å². The third-order valence-electron chi connectivity index (χ3n) is 2.30. The normalized spacial score (nSPS) is 9.67.